The molecule has 0 bridgehead atoms. The third-order valence-corrected chi connectivity index (χ3v) is 5.14. The molecule has 0 aliphatic heterocycles. The molecule has 1 N–H and O–H groups in total. The SMILES string of the molecule is Cc1cc(C)c([C@H](C)NC(=O)/C(=C/c2ccccc2)c2ccccc2)cc1C. The highest BCUT2D eigenvalue weighted by Gasteiger charge is 2.17. The van der Waals surface area contributed by atoms with Crippen molar-refractivity contribution in [3.8, 4) is 0 Å². The second-order valence-corrected chi connectivity index (χ2v) is 7.32. The molecule has 0 saturated heterocycles. The highest BCUT2D eigenvalue weighted by atomic mass is 16.1. The Balaban J connectivity index is 1.92. The molecule has 0 aliphatic rings. The van der Waals surface area contributed by atoms with Gasteiger partial charge >= 0.3 is 0 Å². The fraction of sp³-hybridized carbons (Fsp3) is 0.192. The molecule has 0 radical (unpaired) electrons. The maximum absolute atomic E-state index is 13.2. The van der Waals surface area contributed by atoms with E-state index in [-0.39, 0.29) is 11.9 Å². The van der Waals surface area contributed by atoms with Crippen LogP contribution in [0.3, 0.4) is 0 Å². The lowest BCUT2D eigenvalue weighted by atomic mass is 9.96. The molecule has 28 heavy (non-hydrogen) atoms. The average molecular weight is 370 g/mol. The van der Waals surface area contributed by atoms with Crippen molar-refractivity contribution in [3.63, 3.8) is 0 Å². The molecule has 1 amide bonds. The van der Waals surface area contributed by atoms with Crippen LogP contribution in [0.25, 0.3) is 11.6 Å². The van der Waals surface area contributed by atoms with E-state index in [0.29, 0.717) is 5.57 Å². The Hall–Kier alpha value is -3.13. The van der Waals surface area contributed by atoms with E-state index in [4.69, 9.17) is 0 Å². The van der Waals surface area contributed by atoms with Crippen LogP contribution in [0, 0.1) is 20.8 Å². The van der Waals surface area contributed by atoms with Gasteiger partial charge in [0.1, 0.15) is 0 Å². The first-order valence-electron chi connectivity index (χ1n) is 9.66. The van der Waals surface area contributed by atoms with Crippen molar-refractivity contribution in [3.05, 3.63) is 106 Å². The van der Waals surface area contributed by atoms with Gasteiger partial charge in [-0.05, 0) is 67.2 Å². The largest absolute Gasteiger partial charge is 0.345 e. The molecule has 2 nitrogen and oxygen atoms in total. The summed E-state index contributed by atoms with van der Waals surface area (Å²) in [6, 6.07) is 24.1. The van der Waals surface area contributed by atoms with Gasteiger partial charge in [-0.25, -0.2) is 0 Å². The molecule has 142 valence electrons. The number of carbonyl (C=O) groups excluding carboxylic acids is 1. The monoisotopic (exact) mass is 369 g/mol. The number of benzene rings is 3. The van der Waals surface area contributed by atoms with Crippen LogP contribution in [0.2, 0.25) is 0 Å². The molecule has 3 aromatic carbocycles. The second-order valence-electron chi connectivity index (χ2n) is 7.32. The zero-order valence-corrected chi connectivity index (χ0v) is 17.0. The van der Waals surface area contributed by atoms with E-state index in [1.165, 1.54) is 16.7 Å². The van der Waals surface area contributed by atoms with E-state index < -0.39 is 0 Å². The minimum Gasteiger partial charge on any atom is -0.345 e. The van der Waals surface area contributed by atoms with Crippen LogP contribution in [-0.4, -0.2) is 5.91 Å². The predicted octanol–water partition coefficient (Wildman–Crippen LogP) is 6.03. The topological polar surface area (TPSA) is 29.1 Å². The van der Waals surface area contributed by atoms with Crippen molar-refractivity contribution in [2.75, 3.05) is 0 Å². The normalized spacial score (nSPS) is 12.5. The Morgan fingerprint density at radius 2 is 1.39 bits per heavy atom. The van der Waals surface area contributed by atoms with E-state index >= 15 is 0 Å². The number of rotatable bonds is 5. The molecule has 0 fully saturated rings. The van der Waals surface area contributed by atoms with Gasteiger partial charge in [-0.1, -0.05) is 72.8 Å². The number of carbonyl (C=O) groups is 1. The summed E-state index contributed by atoms with van der Waals surface area (Å²) in [6.45, 7) is 8.37. The van der Waals surface area contributed by atoms with Crippen molar-refractivity contribution in [1.82, 2.24) is 5.32 Å². The number of hydrogen-bond acceptors (Lipinski definition) is 1. The Morgan fingerprint density at radius 1 is 0.821 bits per heavy atom. The van der Waals surface area contributed by atoms with Gasteiger partial charge in [0.2, 0.25) is 0 Å². The first-order valence-corrected chi connectivity index (χ1v) is 9.66. The van der Waals surface area contributed by atoms with Gasteiger partial charge in [0, 0.05) is 5.57 Å². The third-order valence-electron chi connectivity index (χ3n) is 5.14. The Labute approximate surface area is 167 Å². The van der Waals surface area contributed by atoms with Crippen LogP contribution < -0.4 is 5.32 Å². The molecule has 0 aliphatic carbocycles. The smallest absolute Gasteiger partial charge is 0.252 e. The van der Waals surface area contributed by atoms with Gasteiger partial charge in [-0.15, -0.1) is 0 Å². The summed E-state index contributed by atoms with van der Waals surface area (Å²) in [5.74, 6) is -0.0693. The maximum atomic E-state index is 13.2. The van der Waals surface area contributed by atoms with Gasteiger partial charge in [-0.2, -0.15) is 0 Å². The predicted molar refractivity (Wildman–Crippen MR) is 118 cm³/mol. The van der Waals surface area contributed by atoms with Crippen LogP contribution in [0.1, 0.15) is 46.3 Å². The highest BCUT2D eigenvalue weighted by molar-refractivity contribution is 6.24. The molecule has 0 saturated carbocycles. The molecular formula is C26H27NO. The van der Waals surface area contributed by atoms with Gasteiger partial charge in [0.05, 0.1) is 6.04 Å². The van der Waals surface area contributed by atoms with Crippen LogP contribution in [0.4, 0.5) is 0 Å². The van der Waals surface area contributed by atoms with Crippen molar-refractivity contribution < 1.29 is 4.79 Å². The van der Waals surface area contributed by atoms with Crippen molar-refractivity contribution in [2.45, 2.75) is 33.7 Å². The van der Waals surface area contributed by atoms with Gasteiger partial charge in [-0.3, -0.25) is 4.79 Å². The number of nitrogens with one attached hydrogen (secondary N) is 1. The number of hydrogen-bond donors (Lipinski definition) is 1. The maximum Gasteiger partial charge on any atom is 0.252 e. The Bertz CT molecular complexity index is 988. The third kappa shape index (κ3) is 4.58. The molecule has 1 atom stereocenters. The summed E-state index contributed by atoms with van der Waals surface area (Å²) in [5, 5.41) is 3.20. The summed E-state index contributed by atoms with van der Waals surface area (Å²) in [6.07, 6.45) is 1.95. The van der Waals surface area contributed by atoms with E-state index in [2.05, 4.69) is 38.2 Å². The van der Waals surface area contributed by atoms with Crippen LogP contribution in [0.15, 0.2) is 72.8 Å². The number of amides is 1. The van der Waals surface area contributed by atoms with Gasteiger partial charge in [0.15, 0.2) is 0 Å². The molecule has 3 rings (SSSR count). The van der Waals surface area contributed by atoms with Crippen LogP contribution in [-0.2, 0) is 4.79 Å². The highest BCUT2D eigenvalue weighted by Crippen LogP contribution is 2.24. The molecule has 0 spiro atoms. The standard InChI is InChI=1S/C26H27NO/c1-18-15-20(3)24(16-19(18)2)21(4)27-26(28)25(23-13-9-6-10-14-23)17-22-11-7-5-8-12-22/h5-17,21H,1-4H3,(H,27,28)/b25-17+/t21-/m0/s1. The molecule has 0 heterocycles. The lowest BCUT2D eigenvalue weighted by Crippen LogP contribution is -2.28. The number of aryl methyl sites for hydroxylation is 3. The minimum atomic E-state index is -0.0744. The minimum absolute atomic E-state index is 0.0693. The van der Waals surface area contributed by atoms with E-state index in [1.807, 2.05) is 73.7 Å². The van der Waals surface area contributed by atoms with Gasteiger partial charge in [0.25, 0.3) is 5.91 Å². The van der Waals surface area contributed by atoms with E-state index in [1.54, 1.807) is 0 Å². The summed E-state index contributed by atoms with van der Waals surface area (Å²) in [5.41, 5.74) is 7.45. The zero-order chi connectivity index (χ0) is 20.1. The first-order chi connectivity index (χ1) is 13.5. The Kier molecular flexibility index (Phi) is 6.10. The zero-order valence-electron chi connectivity index (χ0n) is 17.0. The van der Waals surface area contributed by atoms with Crippen LogP contribution >= 0.6 is 0 Å². The van der Waals surface area contributed by atoms with E-state index in [0.717, 1.165) is 16.7 Å². The quantitative estimate of drug-likeness (QED) is 0.432. The second kappa shape index (κ2) is 8.71. The van der Waals surface area contributed by atoms with Crippen molar-refractivity contribution >= 4 is 17.6 Å². The molecule has 0 unspecified atom stereocenters. The van der Waals surface area contributed by atoms with Crippen LogP contribution in [0.5, 0.6) is 0 Å². The lowest BCUT2D eigenvalue weighted by Gasteiger charge is -2.19. The average Bonchev–Trinajstić information content (AvgIpc) is 2.70. The molecule has 2 heteroatoms. The first kappa shape index (κ1) is 19.6. The fourth-order valence-corrected chi connectivity index (χ4v) is 3.42. The Morgan fingerprint density at radius 3 is 2.04 bits per heavy atom. The van der Waals surface area contributed by atoms with E-state index in [9.17, 15) is 4.79 Å². The molecule has 3 aromatic rings. The summed E-state index contributed by atoms with van der Waals surface area (Å²) in [7, 11) is 0. The van der Waals surface area contributed by atoms with Crippen molar-refractivity contribution in [2.24, 2.45) is 0 Å². The fourth-order valence-electron chi connectivity index (χ4n) is 3.42. The van der Waals surface area contributed by atoms with Gasteiger partial charge < -0.3 is 5.32 Å². The summed E-state index contributed by atoms with van der Waals surface area (Å²) in [4.78, 5) is 13.2. The lowest BCUT2D eigenvalue weighted by molar-refractivity contribution is -0.116. The summed E-state index contributed by atoms with van der Waals surface area (Å²) < 4.78 is 0. The summed E-state index contributed by atoms with van der Waals surface area (Å²) >= 11 is 0. The van der Waals surface area contributed by atoms with Crippen molar-refractivity contribution in [1.29, 1.82) is 0 Å². The molecular weight excluding hydrogens is 342 g/mol. The molecule has 0 aromatic heterocycles.